The Kier molecular flexibility index (Phi) is 4.27. The average Bonchev–Trinajstić information content (AvgIpc) is 3.14. The van der Waals surface area contributed by atoms with Crippen LogP contribution in [-0.2, 0) is 16.4 Å². The molecule has 0 unspecified atom stereocenters. The van der Waals surface area contributed by atoms with Crippen molar-refractivity contribution in [2.75, 3.05) is 6.26 Å². The first-order chi connectivity index (χ1) is 9.41. The van der Waals surface area contributed by atoms with Crippen molar-refractivity contribution in [3.05, 3.63) is 24.0 Å². The highest BCUT2D eigenvalue weighted by Gasteiger charge is 2.36. The van der Waals surface area contributed by atoms with E-state index in [4.69, 9.17) is 0 Å². The van der Waals surface area contributed by atoms with Crippen LogP contribution in [0, 0.1) is 5.92 Å². The minimum atomic E-state index is -3.34. The summed E-state index contributed by atoms with van der Waals surface area (Å²) in [6.45, 7) is 2.19. The van der Waals surface area contributed by atoms with Crippen molar-refractivity contribution in [2.45, 2.75) is 37.2 Å². The molecule has 0 spiro atoms. The van der Waals surface area contributed by atoms with Crippen LogP contribution in [0.1, 0.15) is 25.5 Å². The SMILES string of the molecule is CC[C@@H]1C[C@H]1NC(=O)NCc1ncccc1S(C)(=O)=O. The van der Waals surface area contributed by atoms with E-state index in [2.05, 4.69) is 22.5 Å². The predicted octanol–water partition coefficient (Wildman–Crippen LogP) is 1.08. The zero-order valence-corrected chi connectivity index (χ0v) is 12.4. The van der Waals surface area contributed by atoms with Crippen LogP contribution in [0.15, 0.2) is 23.2 Å². The first-order valence-electron chi connectivity index (χ1n) is 6.60. The molecule has 1 aromatic heterocycles. The van der Waals surface area contributed by atoms with Crippen LogP contribution >= 0.6 is 0 Å². The summed E-state index contributed by atoms with van der Waals surface area (Å²) in [7, 11) is -3.34. The van der Waals surface area contributed by atoms with E-state index in [1.165, 1.54) is 12.3 Å². The van der Waals surface area contributed by atoms with Crippen LogP contribution in [0.25, 0.3) is 0 Å². The highest BCUT2D eigenvalue weighted by molar-refractivity contribution is 7.90. The van der Waals surface area contributed by atoms with E-state index in [0.717, 1.165) is 19.1 Å². The van der Waals surface area contributed by atoms with E-state index >= 15 is 0 Å². The number of rotatable bonds is 5. The number of aromatic nitrogens is 1. The van der Waals surface area contributed by atoms with Gasteiger partial charge in [-0.25, -0.2) is 13.2 Å². The van der Waals surface area contributed by atoms with Crippen LogP contribution in [-0.4, -0.2) is 31.7 Å². The molecule has 1 saturated carbocycles. The number of hydrogen-bond acceptors (Lipinski definition) is 4. The van der Waals surface area contributed by atoms with E-state index < -0.39 is 9.84 Å². The van der Waals surface area contributed by atoms with E-state index in [1.54, 1.807) is 6.07 Å². The highest BCUT2D eigenvalue weighted by Crippen LogP contribution is 2.32. The summed E-state index contributed by atoms with van der Waals surface area (Å²) >= 11 is 0. The van der Waals surface area contributed by atoms with Gasteiger partial charge in [-0.1, -0.05) is 13.3 Å². The van der Waals surface area contributed by atoms with Gasteiger partial charge in [0.05, 0.1) is 17.1 Å². The number of carbonyl (C=O) groups is 1. The summed E-state index contributed by atoms with van der Waals surface area (Å²) in [5.74, 6) is 0.571. The molecule has 2 rings (SSSR count). The molecule has 7 heteroatoms. The lowest BCUT2D eigenvalue weighted by atomic mass is 10.3. The van der Waals surface area contributed by atoms with Crippen molar-refractivity contribution >= 4 is 15.9 Å². The van der Waals surface area contributed by atoms with Gasteiger partial charge < -0.3 is 10.6 Å². The molecule has 2 atom stereocenters. The second-order valence-electron chi connectivity index (χ2n) is 5.06. The third-order valence-corrected chi connectivity index (χ3v) is 4.60. The van der Waals surface area contributed by atoms with Gasteiger partial charge in [0, 0.05) is 18.5 Å². The zero-order chi connectivity index (χ0) is 14.8. The van der Waals surface area contributed by atoms with Crippen molar-refractivity contribution in [1.82, 2.24) is 15.6 Å². The number of nitrogens with one attached hydrogen (secondary N) is 2. The number of sulfone groups is 1. The molecule has 0 radical (unpaired) electrons. The minimum absolute atomic E-state index is 0.0958. The first-order valence-corrected chi connectivity index (χ1v) is 8.49. The number of hydrogen-bond donors (Lipinski definition) is 2. The van der Waals surface area contributed by atoms with Gasteiger partial charge in [0.2, 0.25) is 0 Å². The molecule has 110 valence electrons. The van der Waals surface area contributed by atoms with Crippen molar-refractivity contribution < 1.29 is 13.2 Å². The van der Waals surface area contributed by atoms with Crippen LogP contribution in [0.3, 0.4) is 0 Å². The van der Waals surface area contributed by atoms with E-state index in [-0.39, 0.29) is 23.5 Å². The van der Waals surface area contributed by atoms with Crippen LogP contribution < -0.4 is 10.6 Å². The lowest BCUT2D eigenvalue weighted by Crippen LogP contribution is -2.37. The number of pyridine rings is 1. The fraction of sp³-hybridized carbons (Fsp3) is 0.538. The number of nitrogens with zero attached hydrogens (tertiary/aromatic N) is 1. The van der Waals surface area contributed by atoms with E-state index in [9.17, 15) is 13.2 Å². The first kappa shape index (κ1) is 14.8. The Morgan fingerprint density at radius 2 is 2.25 bits per heavy atom. The average molecular weight is 297 g/mol. The summed E-state index contributed by atoms with van der Waals surface area (Å²) in [4.78, 5) is 15.9. The maximum atomic E-state index is 11.7. The summed E-state index contributed by atoms with van der Waals surface area (Å²) in [6.07, 6.45) is 4.72. The Balaban J connectivity index is 1.93. The third-order valence-electron chi connectivity index (χ3n) is 3.43. The molecule has 0 saturated heterocycles. The molecule has 0 aliphatic heterocycles. The lowest BCUT2D eigenvalue weighted by Gasteiger charge is -2.09. The summed E-state index contributed by atoms with van der Waals surface area (Å²) in [5, 5.41) is 5.51. The van der Waals surface area contributed by atoms with Crippen LogP contribution in [0.5, 0.6) is 0 Å². The van der Waals surface area contributed by atoms with Crippen molar-refractivity contribution in [2.24, 2.45) is 5.92 Å². The molecule has 1 aliphatic rings. The molecule has 20 heavy (non-hydrogen) atoms. The Hall–Kier alpha value is -1.63. The van der Waals surface area contributed by atoms with Gasteiger partial charge in [-0.05, 0) is 24.5 Å². The second-order valence-corrected chi connectivity index (χ2v) is 7.04. The van der Waals surface area contributed by atoms with Gasteiger partial charge in [0.25, 0.3) is 0 Å². The molecule has 0 bridgehead atoms. The zero-order valence-electron chi connectivity index (χ0n) is 11.6. The van der Waals surface area contributed by atoms with Crippen molar-refractivity contribution in [1.29, 1.82) is 0 Å². The molecule has 6 nitrogen and oxygen atoms in total. The smallest absolute Gasteiger partial charge is 0.315 e. The Bertz CT molecular complexity index is 601. The molecular formula is C13H19N3O3S. The molecule has 0 aromatic carbocycles. The highest BCUT2D eigenvalue weighted by atomic mass is 32.2. The quantitative estimate of drug-likeness (QED) is 0.851. The largest absolute Gasteiger partial charge is 0.335 e. The molecular weight excluding hydrogens is 278 g/mol. The Morgan fingerprint density at radius 3 is 2.85 bits per heavy atom. The topological polar surface area (TPSA) is 88.2 Å². The normalized spacial score (nSPS) is 21.3. The van der Waals surface area contributed by atoms with Crippen molar-refractivity contribution in [3.8, 4) is 0 Å². The van der Waals surface area contributed by atoms with E-state index in [0.29, 0.717) is 11.6 Å². The Morgan fingerprint density at radius 1 is 1.50 bits per heavy atom. The second kappa shape index (κ2) is 5.78. The van der Waals surface area contributed by atoms with Gasteiger partial charge >= 0.3 is 6.03 Å². The predicted molar refractivity (Wildman–Crippen MR) is 74.9 cm³/mol. The van der Waals surface area contributed by atoms with Crippen LogP contribution in [0.4, 0.5) is 4.79 Å². The minimum Gasteiger partial charge on any atom is -0.335 e. The molecule has 1 aliphatic carbocycles. The monoisotopic (exact) mass is 297 g/mol. The van der Waals surface area contributed by atoms with E-state index in [1.807, 2.05) is 0 Å². The maximum absolute atomic E-state index is 11.7. The fourth-order valence-electron chi connectivity index (χ4n) is 2.15. The summed E-state index contributed by atoms with van der Waals surface area (Å²) in [5.41, 5.74) is 0.355. The summed E-state index contributed by atoms with van der Waals surface area (Å²) < 4.78 is 23.2. The van der Waals surface area contributed by atoms with Crippen LogP contribution in [0.2, 0.25) is 0 Å². The number of carbonyl (C=O) groups excluding carboxylic acids is 1. The number of urea groups is 1. The third kappa shape index (κ3) is 3.69. The van der Waals surface area contributed by atoms with Gasteiger partial charge in [-0.15, -0.1) is 0 Å². The van der Waals surface area contributed by atoms with Gasteiger partial charge in [0.1, 0.15) is 0 Å². The Labute approximate surface area is 118 Å². The van der Waals surface area contributed by atoms with Gasteiger partial charge in [-0.3, -0.25) is 4.98 Å². The molecule has 1 heterocycles. The van der Waals surface area contributed by atoms with Gasteiger partial charge in [-0.2, -0.15) is 0 Å². The maximum Gasteiger partial charge on any atom is 0.315 e. The van der Waals surface area contributed by atoms with Crippen molar-refractivity contribution in [3.63, 3.8) is 0 Å². The molecule has 1 aromatic rings. The molecule has 2 amide bonds. The fourth-order valence-corrected chi connectivity index (χ4v) is 3.03. The molecule has 1 fully saturated rings. The standard InChI is InChI=1S/C13H19N3O3S/c1-3-9-7-10(9)16-13(17)15-8-11-12(20(2,18)19)5-4-6-14-11/h4-6,9-10H,3,7-8H2,1-2H3,(H2,15,16,17)/t9-,10-/m1/s1. The lowest BCUT2D eigenvalue weighted by molar-refractivity contribution is 0.239. The molecule has 2 N–H and O–H groups in total. The summed E-state index contributed by atoms with van der Waals surface area (Å²) in [6, 6.07) is 3.02. The number of amides is 2. The van der Waals surface area contributed by atoms with Gasteiger partial charge in [0.15, 0.2) is 9.84 Å².